The molecule has 6 rings (SSSR count). The molecule has 162 valence electrons. The van der Waals surface area contributed by atoms with Crippen molar-refractivity contribution in [2.75, 3.05) is 0 Å². The van der Waals surface area contributed by atoms with Crippen LogP contribution in [-0.2, 0) is 0 Å². The highest BCUT2D eigenvalue weighted by atomic mass is 14.3. The van der Waals surface area contributed by atoms with E-state index in [4.69, 9.17) is 0 Å². The summed E-state index contributed by atoms with van der Waals surface area (Å²) in [7, 11) is 0. The molecule has 0 heterocycles. The number of fused-ring (bicyclic) bond motifs is 4. The Labute approximate surface area is 203 Å². The highest BCUT2D eigenvalue weighted by molar-refractivity contribution is 6.23. The molecule has 0 amide bonds. The van der Waals surface area contributed by atoms with Crippen molar-refractivity contribution < 1.29 is 0 Å². The molecule has 6 aromatic rings. The molecule has 2 nitrogen and oxygen atoms in total. The number of hydrogen-bond acceptors (Lipinski definition) is 2. The van der Waals surface area contributed by atoms with Crippen LogP contribution in [0.15, 0.2) is 103 Å². The fourth-order valence-electron chi connectivity index (χ4n) is 5.31. The fourth-order valence-corrected chi connectivity index (χ4v) is 5.31. The Bertz CT molecular complexity index is 1880. The summed E-state index contributed by atoms with van der Waals surface area (Å²) in [6.07, 6.45) is 0. The quantitative estimate of drug-likeness (QED) is 0.251. The number of benzene rings is 6. The van der Waals surface area contributed by atoms with Gasteiger partial charge in [-0.15, -0.1) is 0 Å². The van der Waals surface area contributed by atoms with Crippen molar-refractivity contribution in [2.24, 2.45) is 0 Å². The van der Waals surface area contributed by atoms with Crippen molar-refractivity contribution >= 4 is 32.3 Å². The van der Waals surface area contributed by atoms with Gasteiger partial charge in [0.15, 0.2) is 0 Å². The van der Waals surface area contributed by atoms with Gasteiger partial charge >= 0.3 is 0 Å². The standard InChI is InChI=1S/C33H20N2/c1-21-17-23(19-34)24(20-35)18-31(21)33-30-15-7-5-13-27(30)26-12-4-6-14-29(26)32(33)28-16-8-10-22-9-2-3-11-25(22)28/h2-18H,1H3. The summed E-state index contributed by atoms with van der Waals surface area (Å²) < 4.78 is 0. The van der Waals surface area contributed by atoms with E-state index in [9.17, 15) is 10.5 Å². The van der Waals surface area contributed by atoms with Gasteiger partial charge < -0.3 is 0 Å². The molecule has 0 atom stereocenters. The summed E-state index contributed by atoms with van der Waals surface area (Å²) in [5.74, 6) is 0. The summed E-state index contributed by atoms with van der Waals surface area (Å²) in [6.45, 7) is 2.02. The van der Waals surface area contributed by atoms with Gasteiger partial charge in [0.05, 0.1) is 11.1 Å². The number of rotatable bonds is 2. The molecule has 0 fully saturated rings. The van der Waals surface area contributed by atoms with Crippen molar-refractivity contribution in [3.63, 3.8) is 0 Å². The first-order valence-corrected chi connectivity index (χ1v) is 11.6. The third-order valence-corrected chi connectivity index (χ3v) is 6.87. The van der Waals surface area contributed by atoms with Crippen LogP contribution in [-0.4, -0.2) is 0 Å². The number of aryl methyl sites for hydroxylation is 1. The van der Waals surface area contributed by atoms with Gasteiger partial charge in [-0.25, -0.2) is 0 Å². The zero-order valence-electron chi connectivity index (χ0n) is 19.2. The molecule has 0 saturated heterocycles. The van der Waals surface area contributed by atoms with E-state index >= 15 is 0 Å². The van der Waals surface area contributed by atoms with Gasteiger partial charge in [-0.3, -0.25) is 0 Å². The number of nitriles is 2. The van der Waals surface area contributed by atoms with Gasteiger partial charge in [-0.1, -0.05) is 91.0 Å². The lowest BCUT2D eigenvalue weighted by atomic mass is 9.82. The molecule has 0 aliphatic heterocycles. The van der Waals surface area contributed by atoms with Crippen molar-refractivity contribution in [3.8, 4) is 34.4 Å². The second kappa shape index (κ2) is 8.14. The minimum Gasteiger partial charge on any atom is -0.192 e. The van der Waals surface area contributed by atoms with E-state index in [-0.39, 0.29) is 0 Å². The van der Waals surface area contributed by atoms with Gasteiger partial charge in [0.1, 0.15) is 12.1 Å². The molecule has 6 aromatic carbocycles. The van der Waals surface area contributed by atoms with Gasteiger partial charge in [0.25, 0.3) is 0 Å². The second-order valence-electron chi connectivity index (χ2n) is 8.80. The normalized spacial score (nSPS) is 10.9. The smallest absolute Gasteiger partial charge is 0.101 e. The third kappa shape index (κ3) is 3.17. The molecule has 0 aliphatic rings. The third-order valence-electron chi connectivity index (χ3n) is 6.87. The van der Waals surface area contributed by atoms with Crippen LogP contribution in [0, 0.1) is 29.6 Å². The fraction of sp³-hybridized carbons (Fsp3) is 0.0303. The van der Waals surface area contributed by atoms with E-state index < -0.39 is 0 Å². The van der Waals surface area contributed by atoms with Crippen LogP contribution in [0.1, 0.15) is 16.7 Å². The van der Waals surface area contributed by atoms with Crippen LogP contribution >= 0.6 is 0 Å². The molecule has 0 bridgehead atoms. The first-order chi connectivity index (χ1) is 17.2. The molecular formula is C33H20N2. The number of hydrogen-bond donors (Lipinski definition) is 0. The van der Waals surface area contributed by atoms with Gasteiger partial charge in [0, 0.05) is 0 Å². The highest BCUT2D eigenvalue weighted by Crippen LogP contribution is 2.47. The zero-order valence-corrected chi connectivity index (χ0v) is 19.2. The summed E-state index contributed by atoms with van der Waals surface area (Å²) in [5, 5.41) is 26.5. The SMILES string of the molecule is Cc1cc(C#N)c(C#N)cc1-c1c(-c2cccc3ccccc23)c2ccccc2c2ccccc12. The van der Waals surface area contributed by atoms with Crippen LogP contribution < -0.4 is 0 Å². The van der Waals surface area contributed by atoms with E-state index in [0.29, 0.717) is 11.1 Å². The van der Waals surface area contributed by atoms with E-state index in [0.717, 1.165) is 33.2 Å². The van der Waals surface area contributed by atoms with Crippen LogP contribution in [0.2, 0.25) is 0 Å². The Morgan fingerprint density at radius 3 is 1.60 bits per heavy atom. The summed E-state index contributed by atoms with van der Waals surface area (Å²) in [5.41, 5.74) is 6.15. The predicted molar refractivity (Wildman–Crippen MR) is 144 cm³/mol. The average molecular weight is 445 g/mol. The molecule has 35 heavy (non-hydrogen) atoms. The number of nitrogens with zero attached hydrogens (tertiary/aromatic N) is 2. The average Bonchev–Trinajstić information content (AvgIpc) is 2.92. The topological polar surface area (TPSA) is 47.6 Å². The maximum absolute atomic E-state index is 9.82. The highest BCUT2D eigenvalue weighted by Gasteiger charge is 2.21. The Kier molecular flexibility index (Phi) is 4.81. The minimum atomic E-state index is 0.397. The van der Waals surface area contributed by atoms with E-state index in [1.807, 2.05) is 19.1 Å². The van der Waals surface area contributed by atoms with Gasteiger partial charge in [-0.05, 0) is 79.2 Å². The molecule has 0 N–H and O–H groups in total. The van der Waals surface area contributed by atoms with Crippen LogP contribution in [0.25, 0.3) is 54.6 Å². The molecule has 0 spiro atoms. The largest absolute Gasteiger partial charge is 0.192 e. The molecule has 0 unspecified atom stereocenters. The van der Waals surface area contributed by atoms with Crippen LogP contribution in [0.3, 0.4) is 0 Å². The molecule has 0 saturated carbocycles. The van der Waals surface area contributed by atoms with Crippen molar-refractivity contribution in [1.29, 1.82) is 10.5 Å². The van der Waals surface area contributed by atoms with Gasteiger partial charge in [0.2, 0.25) is 0 Å². The second-order valence-corrected chi connectivity index (χ2v) is 8.80. The molecule has 2 heteroatoms. The lowest BCUT2D eigenvalue weighted by Gasteiger charge is -2.21. The van der Waals surface area contributed by atoms with E-state index in [1.54, 1.807) is 0 Å². The minimum absolute atomic E-state index is 0.397. The van der Waals surface area contributed by atoms with Crippen LogP contribution in [0.5, 0.6) is 0 Å². The molecular weight excluding hydrogens is 424 g/mol. The summed E-state index contributed by atoms with van der Waals surface area (Å²) in [6, 6.07) is 40.0. The van der Waals surface area contributed by atoms with Crippen molar-refractivity contribution in [2.45, 2.75) is 6.92 Å². The molecule has 0 aromatic heterocycles. The predicted octanol–water partition coefficient (Wildman–Crippen LogP) is 8.53. The van der Waals surface area contributed by atoms with Crippen molar-refractivity contribution in [1.82, 2.24) is 0 Å². The Morgan fingerprint density at radius 1 is 0.486 bits per heavy atom. The molecule has 0 radical (unpaired) electrons. The Morgan fingerprint density at radius 2 is 0.971 bits per heavy atom. The van der Waals surface area contributed by atoms with E-state index in [1.165, 1.54) is 26.9 Å². The Balaban J connectivity index is 1.89. The lowest BCUT2D eigenvalue weighted by Crippen LogP contribution is -1.96. The van der Waals surface area contributed by atoms with Crippen molar-refractivity contribution in [3.05, 3.63) is 120 Å². The van der Waals surface area contributed by atoms with Gasteiger partial charge in [-0.2, -0.15) is 10.5 Å². The first-order valence-electron chi connectivity index (χ1n) is 11.6. The maximum atomic E-state index is 9.82. The monoisotopic (exact) mass is 444 g/mol. The first kappa shape index (κ1) is 20.7. The summed E-state index contributed by atoms with van der Waals surface area (Å²) in [4.78, 5) is 0. The molecule has 0 aliphatic carbocycles. The van der Waals surface area contributed by atoms with Crippen LogP contribution in [0.4, 0.5) is 0 Å². The summed E-state index contributed by atoms with van der Waals surface area (Å²) >= 11 is 0. The zero-order chi connectivity index (χ0) is 23.9. The Hall–Kier alpha value is -4.92. The van der Waals surface area contributed by atoms with E-state index in [2.05, 4.69) is 103 Å². The lowest BCUT2D eigenvalue weighted by molar-refractivity contribution is 1.38. The maximum Gasteiger partial charge on any atom is 0.101 e.